The summed E-state index contributed by atoms with van der Waals surface area (Å²) in [4.78, 5) is 12.1. The van der Waals surface area contributed by atoms with Crippen molar-refractivity contribution in [3.8, 4) is 11.7 Å². The van der Waals surface area contributed by atoms with Gasteiger partial charge in [0.05, 0.1) is 11.8 Å². The molecule has 1 aromatic carbocycles. The van der Waals surface area contributed by atoms with Gasteiger partial charge in [-0.2, -0.15) is 0 Å². The molecule has 0 fully saturated rings. The fourth-order valence-corrected chi connectivity index (χ4v) is 2.69. The number of carbonyl (C=O) groups is 1. The Bertz CT molecular complexity index is 749. The monoisotopic (exact) mass is 416 g/mol. The number of hydrogen-bond donors (Lipinski definition) is 0. The molecule has 1 heterocycles. The van der Waals surface area contributed by atoms with Crippen LogP contribution in [0.15, 0.2) is 57.4 Å². The molecule has 0 N–H and O–H groups in total. The summed E-state index contributed by atoms with van der Waals surface area (Å²) in [5, 5.41) is -0.505. The van der Waals surface area contributed by atoms with Crippen LogP contribution in [0.2, 0.25) is 0 Å². The highest BCUT2D eigenvalue weighted by Crippen LogP contribution is 2.33. The molecule has 1 unspecified atom stereocenters. The molecule has 0 aliphatic heterocycles. The Balaban J connectivity index is 1.85. The molecule has 1 atom stereocenters. The van der Waals surface area contributed by atoms with E-state index in [4.69, 9.17) is 48.7 Å². The minimum absolute atomic E-state index is 0.00607. The Hall–Kier alpha value is -1.62. The normalized spacial score (nSPS) is 12.3. The third-order valence-electron chi connectivity index (χ3n) is 3.59. The Morgan fingerprint density at radius 1 is 1.19 bits per heavy atom. The van der Waals surface area contributed by atoms with E-state index in [2.05, 4.69) is 0 Å². The zero-order valence-corrected chi connectivity index (χ0v) is 16.6. The van der Waals surface area contributed by atoms with Crippen molar-refractivity contribution in [2.45, 2.75) is 32.3 Å². The molecule has 0 aliphatic rings. The van der Waals surface area contributed by atoms with Crippen LogP contribution in [0.1, 0.15) is 26.0 Å². The standard InChI is InChI=1S/C19H19Cl3O4/c1-19(2,15(20)10-16(21)22)11-17(23)24-12-14-8-9-18(26-14)25-13-6-4-3-5-7-13/h3-10,15H,11-12H2,1-2H3. The first-order chi connectivity index (χ1) is 12.3. The summed E-state index contributed by atoms with van der Waals surface area (Å²) in [5.74, 6) is 1.06. The van der Waals surface area contributed by atoms with Crippen LogP contribution in [0.3, 0.4) is 0 Å². The summed E-state index contributed by atoms with van der Waals surface area (Å²) >= 11 is 17.5. The van der Waals surface area contributed by atoms with Gasteiger partial charge in [-0.15, -0.1) is 11.6 Å². The van der Waals surface area contributed by atoms with Crippen molar-refractivity contribution in [1.29, 1.82) is 0 Å². The van der Waals surface area contributed by atoms with E-state index in [1.807, 2.05) is 44.2 Å². The molecule has 140 valence electrons. The van der Waals surface area contributed by atoms with Crippen LogP contribution in [-0.4, -0.2) is 11.3 Å². The number of allylic oxidation sites excluding steroid dienone is 1. The molecule has 2 rings (SSSR count). The van der Waals surface area contributed by atoms with Gasteiger partial charge in [-0.05, 0) is 29.7 Å². The van der Waals surface area contributed by atoms with Crippen LogP contribution in [0.25, 0.3) is 0 Å². The number of para-hydroxylation sites is 1. The number of furan rings is 1. The largest absolute Gasteiger partial charge is 0.457 e. The average molecular weight is 418 g/mol. The summed E-state index contributed by atoms with van der Waals surface area (Å²) in [5.41, 5.74) is -0.571. The zero-order chi connectivity index (χ0) is 19.2. The van der Waals surface area contributed by atoms with Crippen molar-refractivity contribution in [2.75, 3.05) is 0 Å². The summed E-state index contributed by atoms with van der Waals surface area (Å²) in [7, 11) is 0. The second kappa shape index (κ2) is 9.36. The van der Waals surface area contributed by atoms with Gasteiger partial charge in [-0.25, -0.2) is 0 Å². The SMILES string of the molecule is CC(C)(CC(=O)OCc1ccc(Oc2ccccc2)o1)C(Cl)C=C(Cl)Cl. The maximum atomic E-state index is 12.1. The number of rotatable bonds is 8. The van der Waals surface area contributed by atoms with Crippen LogP contribution in [0.4, 0.5) is 0 Å². The Morgan fingerprint density at radius 2 is 1.88 bits per heavy atom. The smallest absolute Gasteiger partial charge is 0.306 e. The van der Waals surface area contributed by atoms with Crippen molar-refractivity contribution in [1.82, 2.24) is 0 Å². The third kappa shape index (κ3) is 6.60. The van der Waals surface area contributed by atoms with Crippen molar-refractivity contribution < 1.29 is 18.7 Å². The minimum Gasteiger partial charge on any atom is -0.457 e. The Labute approximate surface area is 167 Å². The fourth-order valence-electron chi connectivity index (χ4n) is 2.10. The predicted octanol–water partition coefficient (Wildman–Crippen LogP) is 6.46. The summed E-state index contributed by atoms with van der Waals surface area (Å²) in [6, 6.07) is 12.6. The van der Waals surface area contributed by atoms with E-state index in [-0.39, 0.29) is 17.5 Å². The number of esters is 1. The summed E-state index contributed by atoms with van der Waals surface area (Å²) in [6.07, 6.45) is 1.59. The molecule has 0 amide bonds. The first-order valence-electron chi connectivity index (χ1n) is 7.90. The molecular weight excluding hydrogens is 399 g/mol. The molecule has 4 nitrogen and oxygen atoms in total. The number of benzene rings is 1. The molecule has 0 bridgehead atoms. The van der Waals surface area contributed by atoms with Gasteiger partial charge in [0.25, 0.3) is 5.95 Å². The molecular formula is C19H19Cl3O4. The molecule has 7 heteroatoms. The van der Waals surface area contributed by atoms with Gasteiger partial charge in [0.1, 0.15) is 22.6 Å². The summed E-state index contributed by atoms with van der Waals surface area (Å²) < 4.78 is 16.4. The lowest BCUT2D eigenvalue weighted by Gasteiger charge is -2.26. The number of carbonyl (C=O) groups excluding carboxylic acids is 1. The maximum absolute atomic E-state index is 12.1. The number of alkyl halides is 1. The van der Waals surface area contributed by atoms with Gasteiger partial charge >= 0.3 is 5.97 Å². The van der Waals surface area contributed by atoms with Gasteiger partial charge in [-0.1, -0.05) is 55.2 Å². The lowest BCUT2D eigenvalue weighted by Crippen LogP contribution is -2.27. The van der Waals surface area contributed by atoms with Gasteiger partial charge in [0, 0.05) is 6.07 Å². The topological polar surface area (TPSA) is 48.7 Å². The van der Waals surface area contributed by atoms with Crippen molar-refractivity contribution in [3.63, 3.8) is 0 Å². The number of halogens is 3. The second-order valence-corrected chi connectivity index (χ2v) is 7.80. The van der Waals surface area contributed by atoms with E-state index in [9.17, 15) is 4.79 Å². The molecule has 0 aliphatic carbocycles. The maximum Gasteiger partial charge on any atom is 0.306 e. The van der Waals surface area contributed by atoms with Crippen LogP contribution in [0, 0.1) is 5.41 Å². The minimum atomic E-state index is -0.571. The quantitative estimate of drug-likeness (QED) is 0.365. The lowest BCUT2D eigenvalue weighted by molar-refractivity contribution is -0.147. The van der Waals surface area contributed by atoms with E-state index in [0.717, 1.165) is 0 Å². The molecule has 1 aromatic heterocycles. The average Bonchev–Trinajstić information content (AvgIpc) is 3.00. The Kier molecular flexibility index (Phi) is 7.44. The van der Waals surface area contributed by atoms with Crippen molar-refractivity contribution >= 4 is 40.8 Å². The molecule has 26 heavy (non-hydrogen) atoms. The van der Waals surface area contributed by atoms with Crippen molar-refractivity contribution in [2.24, 2.45) is 5.41 Å². The van der Waals surface area contributed by atoms with E-state index >= 15 is 0 Å². The highest BCUT2D eigenvalue weighted by atomic mass is 35.5. The van der Waals surface area contributed by atoms with Crippen LogP contribution < -0.4 is 4.74 Å². The van der Waals surface area contributed by atoms with Gasteiger partial charge in [0.2, 0.25) is 0 Å². The molecule has 2 aromatic rings. The summed E-state index contributed by atoms with van der Waals surface area (Å²) in [6.45, 7) is 3.67. The molecule has 0 spiro atoms. The third-order valence-corrected chi connectivity index (χ3v) is 4.56. The molecule has 0 saturated carbocycles. The molecule has 0 radical (unpaired) electrons. The van der Waals surface area contributed by atoms with Crippen LogP contribution in [0.5, 0.6) is 11.7 Å². The first kappa shape index (κ1) is 20.7. The van der Waals surface area contributed by atoms with E-state index < -0.39 is 16.8 Å². The molecule has 0 saturated heterocycles. The van der Waals surface area contributed by atoms with Crippen LogP contribution in [-0.2, 0) is 16.1 Å². The second-order valence-electron chi connectivity index (χ2n) is 6.32. The van der Waals surface area contributed by atoms with Gasteiger partial charge < -0.3 is 13.9 Å². The number of hydrogen-bond acceptors (Lipinski definition) is 4. The first-order valence-corrected chi connectivity index (χ1v) is 9.09. The Morgan fingerprint density at radius 3 is 2.54 bits per heavy atom. The highest BCUT2D eigenvalue weighted by Gasteiger charge is 2.30. The van der Waals surface area contributed by atoms with Gasteiger partial charge in [-0.3, -0.25) is 4.79 Å². The van der Waals surface area contributed by atoms with Gasteiger partial charge in [0.15, 0.2) is 0 Å². The predicted molar refractivity (Wildman–Crippen MR) is 103 cm³/mol. The van der Waals surface area contributed by atoms with E-state index in [1.165, 1.54) is 6.08 Å². The number of ether oxygens (including phenoxy) is 2. The zero-order valence-electron chi connectivity index (χ0n) is 14.4. The van der Waals surface area contributed by atoms with E-state index in [1.54, 1.807) is 12.1 Å². The van der Waals surface area contributed by atoms with E-state index in [0.29, 0.717) is 17.5 Å². The fraction of sp³-hybridized carbons (Fsp3) is 0.316. The lowest BCUT2D eigenvalue weighted by atomic mass is 9.85. The highest BCUT2D eigenvalue weighted by molar-refractivity contribution is 6.56. The van der Waals surface area contributed by atoms with Crippen molar-refractivity contribution in [3.05, 3.63) is 58.8 Å². The van der Waals surface area contributed by atoms with Crippen LogP contribution >= 0.6 is 34.8 Å².